The number of benzene rings is 2. The number of amides is 2. The number of halogens is 3. The molecule has 51 heavy (non-hydrogen) atoms. The third-order valence-electron chi connectivity index (χ3n) is 10.1. The topological polar surface area (TPSA) is 169 Å². The third kappa shape index (κ3) is 4.75. The Morgan fingerprint density at radius 1 is 0.980 bits per heavy atom. The fourth-order valence-electron chi connectivity index (χ4n) is 7.58. The number of carbonyl (C=O) groups excluding carboxylic acids is 2. The quantitative estimate of drug-likeness (QED) is 0.121. The molecule has 18 heteroatoms. The van der Waals surface area contributed by atoms with Crippen LogP contribution in [0.5, 0.6) is 23.0 Å². The number of phenolic OH excluding ortho intramolecular Hbond substituents is 1. The second-order valence-electron chi connectivity index (χ2n) is 12.5. The van der Waals surface area contributed by atoms with Crippen LogP contribution in [-0.4, -0.2) is 81.8 Å². The lowest BCUT2D eigenvalue weighted by atomic mass is 9.64. The fraction of sp³-hybridized carbons (Fsp3) is 0.394. The zero-order valence-corrected chi connectivity index (χ0v) is 30.8. The van der Waals surface area contributed by atoms with Gasteiger partial charge in [-0.2, -0.15) is 0 Å². The smallest absolute Gasteiger partial charge is 0.347 e. The number of aromatic nitrogens is 5. The molecule has 268 valence electrons. The zero-order valence-electron chi connectivity index (χ0n) is 27.7. The molecule has 2 aromatic heterocycles. The highest BCUT2D eigenvalue weighted by molar-refractivity contribution is 9.09. The van der Waals surface area contributed by atoms with Gasteiger partial charge in [0, 0.05) is 50.0 Å². The molecular weight excluding hydrogens is 775 g/mol. The van der Waals surface area contributed by atoms with Crippen molar-refractivity contribution in [2.75, 3.05) is 26.8 Å². The summed E-state index contributed by atoms with van der Waals surface area (Å²) >= 11 is 17.6. The lowest BCUT2D eigenvalue weighted by Gasteiger charge is -2.49. The highest BCUT2D eigenvalue weighted by Gasteiger charge is 2.75. The van der Waals surface area contributed by atoms with Gasteiger partial charge in [0.25, 0.3) is 17.4 Å². The van der Waals surface area contributed by atoms with E-state index in [1.807, 2.05) is 0 Å². The number of alkyl halides is 3. The maximum Gasteiger partial charge on any atom is 0.347 e. The monoisotopic (exact) mass is 804 g/mol. The van der Waals surface area contributed by atoms with Gasteiger partial charge in [-0.3, -0.25) is 19.3 Å². The molecule has 3 aliphatic rings. The first-order valence-electron chi connectivity index (χ1n) is 15.7. The zero-order chi connectivity index (χ0) is 36.7. The summed E-state index contributed by atoms with van der Waals surface area (Å²) in [6.45, 7) is -0.299. The van der Waals surface area contributed by atoms with Crippen LogP contribution in [0.25, 0.3) is 11.0 Å². The van der Waals surface area contributed by atoms with Crippen molar-refractivity contribution in [3.63, 3.8) is 0 Å². The van der Waals surface area contributed by atoms with Crippen molar-refractivity contribution < 1.29 is 28.9 Å². The third-order valence-corrected chi connectivity index (χ3v) is 12.0. The van der Waals surface area contributed by atoms with Crippen LogP contribution in [0.2, 0.25) is 0 Å². The van der Waals surface area contributed by atoms with E-state index in [1.54, 1.807) is 25.3 Å². The molecule has 15 nitrogen and oxygen atoms in total. The first-order chi connectivity index (χ1) is 24.3. The molecule has 1 saturated heterocycles. The maximum absolute atomic E-state index is 14.2. The molecule has 7 rings (SSSR count). The molecule has 1 aliphatic carbocycles. The van der Waals surface area contributed by atoms with E-state index in [-0.39, 0.29) is 48.4 Å². The van der Waals surface area contributed by atoms with Crippen molar-refractivity contribution in [3.05, 3.63) is 84.6 Å². The van der Waals surface area contributed by atoms with Crippen molar-refractivity contribution in [1.29, 1.82) is 0 Å². The van der Waals surface area contributed by atoms with Crippen molar-refractivity contribution in [2.45, 2.75) is 47.6 Å². The van der Waals surface area contributed by atoms with E-state index >= 15 is 0 Å². The Kier molecular flexibility index (Phi) is 8.42. The lowest BCUT2D eigenvalue weighted by Crippen LogP contribution is -2.59. The minimum Gasteiger partial charge on any atom is -0.508 e. The van der Waals surface area contributed by atoms with Gasteiger partial charge in [-0.1, -0.05) is 22.0 Å². The number of allylic oxidation sites excluding steroid dienone is 2. The Bertz CT molecular complexity index is 2380. The number of rotatable bonds is 8. The van der Waals surface area contributed by atoms with Gasteiger partial charge in [-0.15, -0.1) is 23.2 Å². The molecule has 1 N–H and O–H groups in total. The molecule has 0 bridgehead atoms. The SMILES string of the molecule is COc1ccc(O)c(C2C3=CCn4c(=O)n(CCc5nc6cc(OC)c(OC)cc6n(C)c5=O)c(=O)n4C3CC3(Cl)C(=O)N(CBr)C(=O)C23Cl)c1. The largest absolute Gasteiger partial charge is 0.508 e. The molecule has 2 amide bonds. The van der Waals surface area contributed by atoms with Crippen LogP contribution in [0.4, 0.5) is 0 Å². The molecule has 0 radical (unpaired) electrons. The lowest BCUT2D eigenvalue weighted by molar-refractivity contribution is -0.138. The summed E-state index contributed by atoms with van der Waals surface area (Å²) in [5.41, 5.74) is -0.404. The maximum atomic E-state index is 14.2. The summed E-state index contributed by atoms with van der Waals surface area (Å²) in [5.74, 6) is -1.86. The van der Waals surface area contributed by atoms with E-state index in [4.69, 9.17) is 37.4 Å². The molecule has 2 aliphatic heterocycles. The van der Waals surface area contributed by atoms with E-state index in [2.05, 4.69) is 20.9 Å². The minimum absolute atomic E-state index is 0.0706. The average Bonchev–Trinajstić information content (AvgIpc) is 3.45. The van der Waals surface area contributed by atoms with E-state index in [9.17, 15) is 29.1 Å². The van der Waals surface area contributed by atoms with Crippen LogP contribution in [0, 0.1) is 0 Å². The summed E-state index contributed by atoms with van der Waals surface area (Å²) in [7, 11) is 5.97. The number of carbonyl (C=O) groups is 2. The van der Waals surface area contributed by atoms with Gasteiger partial charge in [0.15, 0.2) is 21.2 Å². The molecule has 0 spiro atoms. The second kappa shape index (κ2) is 12.3. The summed E-state index contributed by atoms with van der Waals surface area (Å²) in [6.07, 6.45) is 1.27. The minimum atomic E-state index is -2.12. The highest BCUT2D eigenvalue weighted by atomic mass is 79.9. The van der Waals surface area contributed by atoms with Crippen LogP contribution in [0.15, 0.2) is 56.4 Å². The van der Waals surface area contributed by atoms with E-state index in [0.717, 1.165) is 9.47 Å². The predicted molar refractivity (Wildman–Crippen MR) is 189 cm³/mol. The van der Waals surface area contributed by atoms with Gasteiger partial charge < -0.3 is 23.9 Å². The summed E-state index contributed by atoms with van der Waals surface area (Å²) in [6, 6.07) is 6.63. The normalized spacial score (nSPS) is 23.9. The first-order valence-corrected chi connectivity index (χ1v) is 17.6. The van der Waals surface area contributed by atoms with Gasteiger partial charge in [0.05, 0.1) is 50.4 Å². The Balaban J connectivity index is 1.33. The molecule has 4 heterocycles. The summed E-state index contributed by atoms with van der Waals surface area (Å²) in [5, 5.41) is 11.1. The number of fused-ring (bicyclic) bond motifs is 5. The second-order valence-corrected chi connectivity index (χ2v) is 14.2. The number of hydrogen-bond acceptors (Lipinski definition) is 10. The number of ether oxygens (including phenoxy) is 3. The van der Waals surface area contributed by atoms with Crippen LogP contribution < -0.4 is 31.1 Å². The standard InChI is InChI=1S/C33H31BrCl2N6O9/c1-38-21-13-25(51-4)24(50-3)12-20(21)37-19(27(38)44)8-9-39-30(47)41-10-7-17-22(42(41)31(39)48)14-32(35)28(45)40(15-34)29(46)33(32,36)26(17)18-11-16(49-2)5-6-23(18)43/h5-7,11-13,22,26,43H,8-10,14-15H2,1-4H3. The van der Waals surface area contributed by atoms with Crippen molar-refractivity contribution in [1.82, 2.24) is 28.4 Å². The predicted octanol–water partition coefficient (Wildman–Crippen LogP) is 2.38. The van der Waals surface area contributed by atoms with Gasteiger partial charge in [-0.05, 0) is 23.8 Å². The molecule has 4 aromatic rings. The molecule has 4 atom stereocenters. The highest BCUT2D eigenvalue weighted by Crippen LogP contribution is 2.64. The number of imide groups is 1. The number of aryl methyl sites for hydroxylation is 2. The first kappa shape index (κ1) is 34.9. The molecular formula is C33H31BrCl2N6O9. The molecule has 4 unspecified atom stereocenters. The summed E-state index contributed by atoms with van der Waals surface area (Å²) < 4.78 is 21.0. The van der Waals surface area contributed by atoms with Gasteiger partial charge in [-0.25, -0.2) is 28.5 Å². The number of methoxy groups -OCH3 is 3. The number of aromatic hydroxyl groups is 1. The number of likely N-dealkylation sites (tertiary alicyclic amines) is 1. The Hall–Kier alpha value is -4.54. The number of hydrogen-bond donors (Lipinski definition) is 1. The van der Waals surface area contributed by atoms with Crippen molar-refractivity contribution in [3.8, 4) is 23.0 Å². The van der Waals surface area contributed by atoms with Crippen LogP contribution in [0.1, 0.15) is 29.6 Å². The average molecular weight is 806 g/mol. The van der Waals surface area contributed by atoms with Gasteiger partial charge in [0.2, 0.25) is 0 Å². The van der Waals surface area contributed by atoms with Crippen molar-refractivity contribution >= 4 is 62.0 Å². The Labute approximate surface area is 307 Å². The van der Waals surface area contributed by atoms with Crippen LogP contribution >= 0.6 is 39.1 Å². The molecule has 2 aromatic carbocycles. The Morgan fingerprint density at radius 3 is 2.35 bits per heavy atom. The Morgan fingerprint density at radius 2 is 1.69 bits per heavy atom. The fourth-order valence-corrected chi connectivity index (χ4v) is 8.98. The summed E-state index contributed by atoms with van der Waals surface area (Å²) in [4.78, 5) is 70.4. The van der Waals surface area contributed by atoms with Crippen molar-refractivity contribution in [2.24, 2.45) is 7.05 Å². The van der Waals surface area contributed by atoms with Gasteiger partial charge in [0.1, 0.15) is 17.2 Å². The van der Waals surface area contributed by atoms with E-state index in [0.29, 0.717) is 33.9 Å². The van der Waals surface area contributed by atoms with E-state index < -0.39 is 50.5 Å². The van der Waals surface area contributed by atoms with Gasteiger partial charge >= 0.3 is 11.4 Å². The van der Waals surface area contributed by atoms with E-state index in [1.165, 1.54) is 53.5 Å². The van der Waals surface area contributed by atoms with Crippen LogP contribution in [0.3, 0.4) is 0 Å². The van der Waals surface area contributed by atoms with Crippen LogP contribution in [-0.2, 0) is 36.1 Å². The number of nitrogens with zero attached hydrogens (tertiary/aromatic N) is 6. The number of phenols is 1. The molecule has 1 saturated carbocycles. The molecule has 2 fully saturated rings.